The summed E-state index contributed by atoms with van der Waals surface area (Å²) in [4.78, 5) is 6.98. The Morgan fingerprint density at radius 1 is 1.30 bits per heavy atom. The molecule has 0 saturated carbocycles. The summed E-state index contributed by atoms with van der Waals surface area (Å²) in [5, 5.41) is 3.18. The number of guanidine groups is 1. The maximum Gasteiger partial charge on any atom is 0.188 e. The molecule has 0 aromatic rings. The predicted molar refractivity (Wildman–Crippen MR) is 87.9 cm³/mol. The summed E-state index contributed by atoms with van der Waals surface area (Å²) in [7, 11) is 0. The van der Waals surface area contributed by atoms with E-state index in [0.29, 0.717) is 11.9 Å². The van der Waals surface area contributed by atoms with Gasteiger partial charge in [-0.1, -0.05) is 27.7 Å². The van der Waals surface area contributed by atoms with Crippen LogP contribution in [0.4, 0.5) is 0 Å². The molecule has 1 heterocycles. The van der Waals surface area contributed by atoms with Crippen LogP contribution in [0.2, 0.25) is 0 Å². The zero-order chi connectivity index (χ0) is 15.0. The molecule has 0 aromatic carbocycles. The standard InChI is InChI=1S/C16H34N4/c1-13(2)6-8-19-16(17)18-7-5-9-20-11-14(3)10-15(4)12-20/h13-15H,5-12H2,1-4H3,(H3,17,18,19). The molecule has 20 heavy (non-hydrogen) atoms. The third kappa shape index (κ3) is 7.73. The van der Waals surface area contributed by atoms with E-state index in [1.165, 1.54) is 19.5 Å². The number of piperidine rings is 1. The summed E-state index contributed by atoms with van der Waals surface area (Å²) in [5.74, 6) is 2.99. The van der Waals surface area contributed by atoms with Crippen molar-refractivity contribution < 1.29 is 0 Å². The Morgan fingerprint density at radius 3 is 2.55 bits per heavy atom. The maximum atomic E-state index is 5.85. The highest BCUT2D eigenvalue weighted by Crippen LogP contribution is 2.20. The van der Waals surface area contributed by atoms with Gasteiger partial charge in [-0.25, -0.2) is 0 Å². The minimum atomic E-state index is 0.603. The molecular weight excluding hydrogens is 248 g/mol. The Hall–Kier alpha value is -0.770. The number of hydrogen-bond donors (Lipinski definition) is 2. The lowest BCUT2D eigenvalue weighted by molar-refractivity contribution is 0.140. The molecule has 4 heteroatoms. The average Bonchev–Trinajstić information content (AvgIpc) is 2.33. The predicted octanol–water partition coefficient (Wildman–Crippen LogP) is 2.30. The number of nitrogens with one attached hydrogen (secondary N) is 1. The van der Waals surface area contributed by atoms with E-state index in [1.54, 1.807) is 0 Å². The van der Waals surface area contributed by atoms with Crippen molar-refractivity contribution in [1.82, 2.24) is 10.2 Å². The van der Waals surface area contributed by atoms with Crippen molar-refractivity contribution in [2.75, 3.05) is 32.7 Å². The second kappa shape index (κ2) is 9.22. The van der Waals surface area contributed by atoms with Crippen molar-refractivity contribution >= 4 is 5.96 Å². The van der Waals surface area contributed by atoms with Gasteiger partial charge < -0.3 is 16.0 Å². The average molecular weight is 282 g/mol. The highest BCUT2D eigenvalue weighted by Gasteiger charge is 2.20. The molecule has 1 aliphatic heterocycles. The van der Waals surface area contributed by atoms with Crippen molar-refractivity contribution in [3.05, 3.63) is 0 Å². The number of nitrogens with zero attached hydrogens (tertiary/aromatic N) is 2. The molecular formula is C16H34N4. The number of hydrogen-bond acceptors (Lipinski definition) is 2. The van der Waals surface area contributed by atoms with Crippen LogP contribution in [0.15, 0.2) is 4.99 Å². The van der Waals surface area contributed by atoms with Gasteiger partial charge in [0.25, 0.3) is 0 Å². The van der Waals surface area contributed by atoms with E-state index in [-0.39, 0.29) is 0 Å². The van der Waals surface area contributed by atoms with Crippen molar-refractivity contribution in [3.8, 4) is 0 Å². The minimum Gasteiger partial charge on any atom is -0.370 e. The zero-order valence-electron chi connectivity index (χ0n) is 13.9. The van der Waals surface area contributed by atoms with Crippen LogP contribution in [-0.2, 0) is 0 Å². The molecule has 1 saturated heterocycles. The van der Waals surface area contributed by atoms with Crippen molar-refractivity contribution in [2.24, 2.45) is 28.5 Å². The van der Waals surface area contributed by atoms with Crippen molar-refractivity contribution in [1.29, 1.82) is 0 Å². The van der Waals surface area contributed by atoms with Gasteiger partial charge in [-0.15, -0.1) is 0 Å². The van der Waals surface area contributed by atoms with Gasteiger partial charge in [-0.3, -0.25) is 4.99 Å². The second-order valence-corrected chi connectivity index (χ2v) is 6.94. The topological polar surface area (TPSA) is 53.6 Å². The highest BCUT2D eigenvalue weighted by molar-refractivity contribution is 5.77. The zero-order valence-corrected chi connectivity index (χ0v) is 13.9. The number of likely N-dealkylation sites (tertiary alicyclic amines) is 1. The number of rotatable bonds is 7. The molecule has 2 atom stereocenters. The highest BCUT2D eigenvalue weighted by atomic mass is 15.1. The normalized spacial score (nSPS) is 25.1. The molecule has 0 aliphatic carbocycles. The molecule has 1 fully saturated rings. The van der Waals surface area contributed by atoms with E-state index in [9.17, 15) is 0 Å². The van der Waals surface area contributed by atoms with Crippen molar-refractivity contribution in [2.45, 2.75) is 47.0 Å². The first-order valence-corrected chi connectivity index (χ1v) is 8.23. The van der Waals surface area contributed by atoms with Gasteiger partial charge in [0, 0.05) is 26.2 Å². The molecule has 0 spiro atoms. The molecule has 3 N–H and O–H groups in total. The Bertz CT molecular complexity index is 278. The summed E-state index contributed by atoms with van der Waals surface area (Å²) < 4.78 is 0. The monoisotopic (exact) mass is 282 g/mol. The molecule has 118 valence electrons. The lowest BCUT2D eigenvalue weighted by Gasteiger charge is -2.34. The fourth-order valence-corrected chi connectivity index (χ4v) is 3.01. The molecule has 0 bridgehead atoms. The van der Waals surface area contributed by atoms with Gasteiger partial charge in [-0.05, 0) is 43.6 Å². The van der Waals surface area contributed by atoms with Crippen LogP contribution in [0.5, 0.6) is 0 Å². The van der Waals surface area contributed by atoms with E-state index in [2.05, 4.69) is 42.9 Å². The van der Waals surface area contributed by atoms with E-state index < -0.39 is 0 Å². The van der Waals surface area contributed by atoms with Crippen LogP contribution in [-0.4, -0.2) is 43.6 Å². The fourth-order valence-electron chi connectivity index (χ4n) is 3.01. The second-order valence-electron chi connectivity index (χ2n) is 6.94. The first-order chi connectivity index (χ1) is 9.47. The third-order valence-corrected chi connectivity index (χ3v) is 3.89. The summed E-state index contributed by atoms with van der Waals surface area (Å²) in [5.41, 5.74) is 5.85. The fraction of sp³-hybridized carbons (Fsp3) is 0.938. The summed E-state index contributed by atoms with van der Waals surface area (Å²) in [6, 6.07) is 0. The maximum absolute atomic E-state index is 5.85. The minimum absolute atomic E-state index is 0.603. The van der Waals surface area contributed by atoms with Crippen LogP contribution in [0.1, 0.15) is 47.0 Å². The van der Waals surface area contributed by atoms with Crippen LogP contribution in [0, 0.1) is 17.8 Å². The molecule has 4 nitrogen and oxygen atoms in total. The Morgan fingerprint density at radius 2 is 1.95 bits per heavy atom. The number of nitrogens with two attached hydrogens (primary N) is 1. The van der Waals surface area contributed by atoms with Gasteiger partial charge in [-0.2, -0.15) is 0 Å². The van der Waals surface area contributed by atoms with E-state index in [1.807, 2.05) is 0 Å². The van der Waals surface area contributed by atoms with Crippen LogP contribution in [0.3, 0.4) is 0 Å². The van der Waals surface area contributed by atoms with Crippen LogP contribution >= 0.6 is 0 Å². The van der Waals surface area contributed by atoms with Gasteiger partial charge in [0.15, 0.2) is 5.96 Å². The molecule has 1 aliphatic rings. The van der Waals surface area contributed by atoms with Crippen LogP contribution in [0.25, 0.3) is 0 Å². The summed E-state index contributed by atoms with van der Waals surface area (Å²) in [6.07, 6.45) is 3.62. The lowest BCUT2D eigenvalue weighted by Crippen LogP contribution is -2.39. The summed E-state index contributed by atoms with van der Waals surface area (Å²) in [6.45, 7) is 14.6. The number of aliphatic imine (C=N–C) groups is 1. The van der Waals surface area contributed by atoms with Gasteiger partial charge in [0.2, 0.25) is 0 Å². The molecule has 2 unspecified atom stereocenters. The van der Waals surface area contributed by atoms with Crippen molar-refractivity contribution in [3.63, 3.8) is 0 Å². The lowest BCUT2D eigenvalue weighted by atomic mass is 9.92. The van der Waals surface area contributed by atoms with Gasteiger partial charge in [0.05, 0.1) is 0 Å². The SMILES string of the molecule is CC(C)CCNC(N)=NCCCN1CC(C)CC(C)C1. The molecule has 0 amide bonds. The Kier molecular flexibility index (Phi) is 7.97. The third-order valence-electron chi connectivity index (χ3n) is 3.89. The largest absolute Gasteiger partial charge is 0.370 e. The first kappa shape index (κ1) is 17.3. The Balaban J connectivity index is 2.11. The quantitative estimate of drug-likeness (QED) is 0.428. The van der Waals surface area contributed by atoms with Crippen LogP contribution < -0.4 is 11.1 Å². The smallest absolute Gasteiger partial charge is 0.188 e. The molecule has 0 radical (unpaired) electrons. The van der Waals surface area contributed by atoms with Gasteiger partial charge in [0.1, 0.15) is 0 Å². The van der Waals surface area contributed by atoms with E-state index >= 15 is 0 Å². The molecule has 0 aromatic heterocycles. The van der Waals surface area contributed by atoms with Gasteiger partial charge >= 0.3 is 0 Å². The summed E-state index contributed by atoms with van der Waals surface area (Å²) >= 11 is 0. The van der Waals surface area contributed by atoms with E-state index in [0.717, 1.165) is 44.3 Å². The first-order valence-electron chi connectivity index (χ1n) is 8.23. The molecule has 1 rings (SSSR count). The Labute approximate surface area is 125 Å². The van der Waals surface area contributed by atoms with E-state index in [4.69, 9.17) is 5.73 Å².